The number of rotatable bonds is 19. The van der Waals surface area contributed by atoms with Crippen LogP contribution in [-0.4, -0.2) is 77.1 Å². The zero-order valence-corrected chi connectivity index (χ0v) is 24.7. The van der Waals surface area contributed by atoms with Gasteiger partial charge in [0, 0.05) is 19.4 Å². The number of unbranched alkanes of at least 4 members (excludes halogenated alkanes) is 1. The molecule has 0 heterocycles. The van der Waals surface area contributed by atoms with Crippen molar-refractivity contribution in [1.29, 1.82) is 0 Å². The molecular weight excluding hydrogens is 568 g/mol. The molecular formula is C30H44N8O6. The molecule has 240 valence electrons. The Hall–Kier alpha value is -4.69. The van der Waals surface area contributed by atoms with Crippen LogP contribution in [0.25, 0.3) is 0 Å². The highest BCUT2D eigenvalue weighted by Gasteiger charge is 2.30. The summed E-state index contributed by atoms with van der Waals surface area (Å²) in [5.41, 5.74) is 23.6. The minimum Gasteiger partial charge on any atom is -0.508 e. The molecule has 13 N–H and O–H groups in total. The van der Waals surface area contributed by atoms with Crippen LogP contribution in [0.1, 0.15) is 43.2 Å². The molecule has 0 bridgehead atoms. The van der Waals surface area contributed by atoms with Gasteiger partial charge in [-0.1, -0.05) is 48.9 Å². The second kappa shape index (κ2) is 18.8. The van der Waals surface area contributed by atoms with Gasteiger partial charge in [0.05, 0.1) is 6.04 Å². The molecule has 0 fully saturated rings. The molecule has 14 heteroatoms. The van der Waals surface area contributed by atoms with Gasteiger partial charge in [0.15, 0.2) is 5.96 Å². The number of phenols is 1. The van der Waals surface area contributed by atoms with Crippen LogP contribution >= 0.6 is 0 Å². The normalized spacial score (nSPS) is 13.5. The fourth-order valence-corrected chi connectivity index (χ4v) is 4.36. The molecule has 0 spiro atoms. The van der Waals surface area contributed by atoms with Crippen molar-refractivity contribution in [3.63, 3.8) is 0 Å². The third kappa shape index (κ3) is 13.1. The average molecular weight is 613 g/mol. The van der Waals surface area contributed by atoms with E-state index in [-0.39, 0.29) is 43.9 Å². The van der Waals surface area contributed by atoms with E-state index in [0.29, 0.717) is 36.9 Å². The van der Waals surface area contributed by atoms with Crippen LogP contribution in [0.15, 0.2) is 59.6 Å². The number of aromatic hydroxyl groups is 1. The van der Waals surface area contributed by atoms with E-state index in [9.17, 15) is 29.4 Å². The van der Waals surface area contributed by atoms with Gasteiger partial charge in [0.1, 0.15) is 23.9 Å². The van der Waals surface area contributed by atoms with E-state index < -0.39 is 47.9 Å². The number of carbonyl (C=O) groups excluding carboxylic acids is 3. The summed E-state index contributed by atoms with van der Waals surface area (Å²) in [6, 6.07) is 10.6. The van der Waals surface area contributed by atoms with Gasteiger partial charge in [0.25, 0.3) is 0 Å². The molecule has 2 aromatic carbocycles. The zero-order chi connectivity index (χ0) is 32.5. The summed E-state index contributed by atoms with van der Waals surface area (Å²) in [5, 5.41) is 27.3. The highest BCUT2D eigenvalue weighted by atomic mass is 16.4. The molecule has 4 atom stereocenters. The summed E-state index contributed by atoms with van der Waals surface area (Å²) in [6.07, 6.45) is 2.13. The van der Waals surface area contributed by atoms with E-state index in [0.717, 1.165) is 0 Å². The standard InChI is InChI=1S/C30H44N8O6/c31-15-5-4-9-22(32)26(40)37-24(18-20-11-13-21(39)14-12-20)28(42)38-25(17-19-7-2-1-3-8-19)27(41)36-23(29(43)44)10-6-16-35-30(33)34/h1-3,7-8,11-14,22-25,39H,4-6,9-10,15-18,31-32H2,(H,36,41)(H,37,40)(H,38,42)(H,43,44)(H4,33,34,35). The first-order valence-corrected chi connectivity index (χ1v) is 14.5. The first kappa shape index (κ1) is 35.5. The molecule has 0 aliphatic heterocycles. The predicted molar refractivity (Wildman–Crippen MR) is 166 cm³/mol. The number of aliphatic imine (C=N–C) groups is 1. The lowest BCUT2D eigenvalue weighted by atomic mass is 10.0. The van der Waals surface area contributed by atoms with Crippen molar-refractivity contribution < 1.29 is 29.4 Å². The number of carboxylic acids is 1. The Bertz CT molecular complexity index is 1240. The summed E-state index contributed by atoms with van der Waals surface area (Å²) >= 11 is 0. The number of nitrogens with zero attached hydrogens (tertiary/aromatic N) is 1. The van der Waals surface area contributed by atoms with Gasteiger partial charge in [-0.05, 0) is 55.5 Å². The fourth-order valence-electron chi connectivity index (χ4n) is 4.36. The van der Waals surface area contributed by atoms with Gasteiger partial charge >= 0.3 is 5.97 Å². The molecule has 2 aromatic rings. The number of carbonyl (C=O) groups is 4. The average Bonchev–Trinajstić information content (AvgIpc) is 2.99. The summed E-state index contributed by atoms with van der Waals surface area (Å²) in [6.45, 7) is 0.642. The number of aliphatic carboxylic acids is 1. The SMILES string of the molecule is NCCCCC(N)C(=O)NC(Cc1ccc(O)cc1)C(=O)NC(Cc1ccccc1)C(=O)NC(CCCN=C(N)N)C(=O)O. The Morgan fingerprint density at radius 2 is 1.27 bits per heavy atom. The number of carboxylic acid groups (broad SMARTS) is 1. The molecule has 14 nitrogen and oxygen atoms in total. The van der Waals surface area contributed by atoms with E-state index >= 15 is 0 Å². The molecule has 0 aliphatic rings. The number of phenolic OH excluding ortho intramolecular Hbond substituents is 1. The Kier molecular flexibility index (Phi) is 15.1. The monoisotopic (exact) mass is 612 g/mol. The van der Waals surface area contributed by atoms with E-state index in [1.807, 2.05) is 0 Å². The number of amides is 3. The van der Waals surface area contributed by atoms with E-state index in [4.69, 9.17) is 22.9 Å². The van der Waals surface area contributed by atoms with Gasteiger partial charge < -0.3 is 49.1 Å². The molecule has 0 aromatic heterocycles. The van der Waals surface area contributed by atoms with Crippen LogP contribution < -0.4 is 38.9 Å². The summed E-state index contributed by atoms with van der Waals surface area (Å²) < 4.78 is 0. The van der Waals surface area contributed by atoms with Crippen molar-refractivity contribution in [2.24, 2.45) is 27.9 Å². The highest BCUT2D eigenvalue weighted by Crippen LogP contribution is 2.13. The highest BCUT2D eigenvalue weighted by molar-refractivity contribution is 5.94. The summed E-state index contributed by atoms with van der Waals surface area (Å²) in [4.78, 5) is 55.8. The smallest absolute Gasteiger partial charge is 0.326 e. The van der Waals surface area contributed by atoms with Crippen molar-refractivity contribution in [1.82, 2.24) is 16.0 Å². The minimum atomic E-state index is -1.26. The van der Waals surface area contributed by atoms with Crippen molar-refractivity contribution in [2.45, 2.75) is 69.1 Å². The van der Waals surface area contributed by atoms with Crippen LogP contribution in [-0.2, 0) is 32.0 Å². The van der Waals surface area contributed by atoms with Crippen molar-refractivity contribution in [2.75, 3.05) is 13.1 Å². The van der Waals surface area contributed by atoms with Gasteiger partial charge in [-0.2, -0.15) is 0 Å². The maximum absolute atomic E-state index is 13.7. The second-order valence-corrected chi connectivity index (χ2v) is 10.4. The largest absolute Gasteiger partial charge is 0.508 e. The molecule has 44 heavy (non-hydrogen) atoms. The van der Waals surface area contributed by atoms with Crippen LogP contribution in [0.5, 0.6) is 5.75 Å². The summed E-state index contributed by atoms with van der Waals surface area (Å²) in [7, 11) is 0. The molecule has 0 radical (unpaired) electrons. The topological polar surface area (TPSA) is 261 Å². The zero-order valence-electron chi connectivity index (χ0n) is 24.7. The lowest BCUT2D eigenvalue weighted by molar-refractivity contribution is -0.142. The number of benzene rings is 2. The maximum Gasteiger partial charge on any atom is 0.326 e. The van der Waals surface area contributed by atoms with E-state index in [2.05, 4.69) is 20.9 Å². The van der Waals surface area contributed by atoms with Crippen molar-refractivity contribution >= 4 is 29.7 Å². The minimum absolute atomic E-state index is 0.0339. The first-order chi connectivity index (χ1) is 21.0. The van der Waals surface area contributed by atoms with Crippen LogP contribution in [0, 0.1) is 0 Å². The number of hydrogen-bond acceptors (Lipinski definition) is 8. The maximum atomic E-state index is 13.7. The van der Waals surface area contributed by atoms with Gasteiger partial charge in [-0.3, -0.25) is 19.4 Å². The quantitative estimate of drug-likeness (QED) is 0.0543. The molecule has 2 rings (SSSR count). The number of hydrogen-bond donors (Lipinski definition) is 9. The lowest BCUT2D eigenvalue weighted by Crippen LogP contribution is -2.58. The second-order valence-electron chi connectivity index (χ2n) is 10.4. The van der Waals surface area contributed by atoms with Gasteiger partial charge in [-0.15, -0.1) is 0 Å². The van der Waals surface area contributed by atoms with E-state index in [1.54, 1.807) is 42.5 Å². The van der Waals surface area contributed by atoms with E-state index in [1.165, 1.54) is 12.1 Å². The van der Waals surface area contributed by atoms with Crippen molar-refractivity contribution in [3.05, 3.63) is 65.7 Å². The van der Waals surface area contributed by atoms with Gasteiger partial charge in [0.2, 0.25) is 17.7 Å². The Balaban J connectivity index is 2.27. The predicted octanol–water partition coefficient (Wildman–Crippen LogP) is -0.774. The number of guanidine groups is 1. The number of nitrogens with two attached hydrogens (primary N) is 4. The molecule has 0 aliphatic carbocycles. The Morgan fingerprint density at radius 1 is 0.727 bits per heavy atom. The molecule has 3 amide bonds. The molecule has 0 saturated heterocycles. The lowest BCUT2D eigenvalue weighted by Gasteiger charge is -2.25. The van der Waals surface area contributed by atoms with Crippen LogP contribution in [0.3, 0.4) is 0 Å². The molecule has 0 saturated carbocycles. The first-order valence-electron chi connectivity index (χ1n) is 14.5. The molecule has 4 unspecified atom stereocenters. The Labute approximate surface area is 256 Å². The van der Waals surface area contributed by atoms with Crippen LogP contribution in [0.4, 0.5) is 0 Å². The number of nitrogens with one attached hydrogen (secondary N) is 3. The third-order valence-corrected chi connectivity index (χ3v) is 6.79. The van der Waals surface area contributed by atoms with Crippen molar-refractivity contribution in [3.8, 4) is 5.75 Å². The summed E-state index contributed by atoms with van der Waals surface area (Å²) in [5.74, 6) is -3.28. The third-order valence-electron chi connectivity index (χ3n) is 6.79. The fraction of sp³-hybridized carbons (Fsp3) is 0.433. The Morgan fingerprint density at radius 3 is 1.82 bits per heavy atom. The van der Waals surface area contributed by atoms with Gasteiger partial charge in [-0.25, -0.2) is 4.79 Å². The van der Waals surface area contributed by atoms with Crippen LogP contribution in [0.2, 0.25) is 0 Å².